The molecule has 5 nitrogen and oxygen atoms in total. The van der Waals surface area contributed by atoms with Crippen LogP contribution < -0.4 is 5.73 Å². The Labute approximate surface area is 111 Å². The van der Waals surface area contributed by atoms with Crippen LogP contribution in [0.3, 0.4) is 0 Å². The Bertz CT molecular complexity index is 710. The summed E-state index contributed by atoms with van der Waals surface area (Å²) in [6, 6.07) is 9.97. The lowest BCUT2D eigenvalue weighted by Crippen LogP contribution is -2.18. The van der Waals surface area contributed by atoms with Crippen LogP contribution in [0.4, 0.5) is 0 Å². The molecule has 1 atom stereocenters. The number of benzene rings is 1. The van der Waals surface area contributed by atoms with Gasteiger partial charge in [-0.3, -0.25) is 4.68 Å². The molecule has 0 aliphatic carbocycles. The number of aromatic nitrogens is 4. The number of hydrogen-bond donors (Lipinski definition) is 1. The van der Waals surface area contributed by atoms with Gasteiger partial charge < -0.3 is 10.3 Å². The van der Waals surface area contributed by atoms with Crippen LogP contribution in [0.2, 0.25) is 0 Å². The first-order chi connectivity index (χ1) is 9.16. The van der Waals surface area contributed by atoms with Crippen LogP contribution in [0.1, 0.15) is 17.6 Å². The van der Waals surface area contributed by atoms with Crippen LogP contribution >= 0.6 is 0 Å². The lowest BCUT2D eigenvalue weighted by atomic mass is 10.1. The smallest absolute Gasteiger partial charge is 0.111 e. The molecule has 0 spiro atoms. The molecule has 19 heavy (non-hydrogen) atoms. The Balaban J connectivity index is 1.93. The summed E-state index contributed by atoms with van der Waals surface area (Å²) in [7, 11) is 3.94. The number of nitrogens with zero attached hydrogens (tertiary/aromatic N) is 4. The van der Waals surface area contributed by atoms with Crippen molar-refractivity contribution >= 4 is 11.0 Å². The minimum absolute atomic E-state index is 0.0944. The molecule has 0 radical (unpaired) electrons. The Hall–Kier alpha value is -2.14. The van der Waals surface area contributed by atoms with Crippen LogP contribution in [-0.2, 0) is 20.5 Å². The number of aryl methyl sites for hydroxylation is 2. The molecule has 3 aromatic rings. The van der Waals surface area contributed by atoms with Crippen LogP contribution in [0.25, 0.3) is 11.0 Å². The molecule has 0 saturated heterocycles. The predicted molar refractivity (Wildman–Crippen MR) is 74.6 cm³/mol. The van der Waals surface area contributed by atoms with E-state index in [1.165, 1.54) is 0 Å². The molecule has 2 N–H and O–H groups in total. The second-order valence-electron chi connectivity index (χ2n) is 4.77. The van der Waals surface area contributed by atoms with E-state index in [9.17, 15) is 0 Å². The molecule has 0 aliphatic rings. The van der Waals surface area contributed by atoms with Crippen molar-refractivity contribution in [2.45, 2.75) is 12.5 Å². The molecule has 0 aliphatic heterocycles. The molecular formula is C14H17N5. The van der Waals surface area contributed by atoms with Crippen molar-refractivity contribution in [1.82, 2.24) is 19.3 Å². The molecule has 1 aromatic carbocycles. The van der Waals surface area contributed by atoms with E-state index in [0.717, 1.165) is 22.6 Å². The molecule has 2 aromatic heterocycles. The molecule has 0 amide bonds. The van der Waals surface area contributed by atoms with E-state index in [2.05, 4.69) is 20.7 Å². The van der Waals surface area contributed by atoms with Gasteiger partial charge >= 0.3 is 0 Å². The maximum atomic E-state index is 6.25. The van der Waals surface area contributed by atoms with E-state index in [1.807, 2.05) is 43.0 Å². The number of imidazole rings is 1. The van der Waals surface area contributed by atoms with E-state index >= 15 is 0 Å². The van der Waals surface area contributed by atoms with Gasteiger partial charge in [-0.15, -0.1) is 0 Å². The van der Waals surface area contributed by atoms with Crippen molar-refractivity contribution in [3.8, 4) is 0 Å². The minimum Gasteiger partial charge on any atom is -0.331 e. The molecule has 2 heterocycles. The van der Waals surface area contributed by atoms with Crippen molar-refractivity contribution in [2.24, 2.45) is 19.8 Å². The van der Waals surface area contributed by atoms with Gasteiger partial charge in [-0.25, -0.2) is 4.98 Å². The van der Waals surface area contributed by atoms with Crippen molar-refractivity contribution in [2.75, 3.05) is 0 Å². The van der Waals surface area contributed by atoms with E-state index in [0.29, 0.717) is 6.42 Å². The summed E-state index contributed by atoms with van der Waals surface area (Å²) in [6.45, 7) is 0. The maximum absolute atomic E-state index is 6.25. The van der Waals surface area contributed by atoms with Gasteiger partial charge in [0.15, 0.2) is 0 Å². The van der Waals surface area contributed by atoms with Crippen molar-refractivity contribution < 1.29 is 0 Å². The molecule has 3 rings (SSSR count). The molecular weight excluding hydrogens is 238 g/mol. The normalized spacial score (nSPS) is 13.0. The summed E-state index contributed by atoms with van der Waals surface area (Å²) >= 11 is 0. The molecule has 0 fully saturated rings. The van der Waals surface area contributed by atoms with Gasteiger partial charge in [0.1, 0.15) is 5.82 Å². The standard InChI is InChI=1S/C14H17N5/c1-18-13-6-4-3-5-11(13)17-14(18)9-10(15)12-7-8-16-19(12)2/h3-8,10H,9,15H2,1-2H3. The van der Waals surface area contributed by atoms with Crippen LogP contribution in [-0.4, -0.2) is 19.3 Å². The third kappa shape index (κ3) is 2.02. The van der Waals surface area contributed by atoms with Gasteiger partial charge in [-0.2, -0.15) is 5.10 Å². The monoisotopic (exact) mass is 255 g/mol. The number of para-hydroxylation sites is 2. The summed E-state index contributed by atoms with van der Waals surface area (Å²) in [6.07, 6.45) is 2.47. The first-order valence-corrected chi connectivity index (χ1v) is 6.30. The largest absolute Gasteiger partial charge is 0.331 e. The molecule has 1 unspecified atom stereocenters. The van der Waals surface area contributed by atoms with E-state index < -0.39 is 0 Å². The average Bonchev–Trinajstić information content (AvgIpc) is 2.95. The predicted octanol–water partition coefficient (Wildman–Crippen LogP) is 1.55. The van der Waals surface area contributed by atoms with E-state index in [4.69, 9.17) is 5.73 Å². The quantitative estimate of drug-likeness (QED) is 0.772. The van der Waals surface area contributed by atoms with Gasteiger partial charge in [0, 0.05) is 26.7 Å². The number of fused-ring (bicyclic) bond motifs is 1. The highest BCUT2D eigenvalue weighted by atomic mass is 15.3. The number of nitrogens with two attached hydrogens (primary N) is 1. The lowest BCUT2D eigenvalue weighted by Gasteiger charge is -2.11. The van der Waals surface area contributed by atoms with Crippen LogP contribution in [0.15, 0.2) is 36.5 Å². The molecule has 98 valence electrons. The Morgan fingerprint density at radius 3 is 2.68 bits per heavy atom. The number of rotatable bonds is 3. The summed E-state index contributed by atoms with van der Waals surface area (Å²) in [5.74, 6) is 0.995. The van der Waals surface area contributed by atoms with Crippen LogP contribution in [0.5, 0.6) is 0 Å². The van der Waals surface area contributed by atoms with Crippen LogP contribution in [0, 0.1) is 0 Å². The summed E-state index contributed by atoms with van der Waals surface area (Å²) < 4.78 is 3.92. The lowest BCUT2D eigenvalue weighted by molar-refractivity contribution is 0.595. The van der Waals surface area contributed by atoms with Crippen molar-refractivity contribution in [1.29, 1.82) is 0 Å². The van der Waals surface area contributed by atoms with E-state index in [-0.39, 0.29) is 6.04 Å². The van der Waals surface area contributed by atoms with Gasteiger partial charge in [-0.05, 0) is 18.2 Å². The zero-order chi connectivity index (χ0) is 13.4. The molecule has 5 heteroatoms. The third-order valence-corrected chi connectivity index (χ3v) is 3.52. The summed E-state index contributed by atoms with van der Waals surface area (Å²) in [5, 5.41) is 4.15. The highest BCUT2D eigenvalue weighted by Gasteiger charge is 2.15. The fourth-order valence-corrected chi connectivity index (χ4v) is 2.43. The first-order valence-electron chi connectivity index (χ1n) is 6.30. The Morgan fingerprint density at radius 2 is 2.00 bits per heavy atom. The zero-order valence-electron chi connectivity index (χ0n) is 11.1. The fraction of sp³-hybridized carbons (Fsp3) is 0.286. The van der Waals surface area contributed by atoms with Gasteiger partial charge in [0.2, 0.25) is 0 Å². The van der Waals surface area contributed by atoms with Crippen molar-refractivity contribution in [3.63, 3.8) is 0 Å². The third-order valence-electron chi connectivity index (χ3n) is 3.52. The molecule has 0 saturated carbocycles. The fourth-order valence-electron chi connectivity index (χ4n) is 2.43. The van der Waals surface area contributed by atoms with Crippen molar-refractivity contribution in [3.05, 3.63) is 48.0 Å². The average molecular weight is 255 g/mol. The van der Waals surface area contributed by atoms with E-state index in [1.54, 1.807) is 6.20 Å². The van der Waals surface area contributed by atoms with Gasteiger partial charge in [0.05, 0.1) is 22.8 Å². The van der Waals surface area contributed by atoms with Gasteiger partial charge in [-0.1, -0.05) is 12.1 Å². The molecule has 0 bridgehead atoms. The van der Waals surface area contributed by atoms with Gasteiger partial charge in [0.25, 0.3) is 0 Å². The SMILES string of the molecule is Cn1nccc1C(N)Cc1nc2ccccc2n1C. The summed E-state index contributed by atoms with van der Waals surface area (Å²) in [5.41, 5.74) is 9.41. The Kier molecular flexibility index (Phi) is 2.83. The zero-order valence-corrected chi connectivity index (χ0v) is 11.1. The second kappa shape index (κ2) is 4.51. The summed E-state index contributed by atoms with van der Waals surface area (Å²) in [4.78, 5) is 4.65. The minimum atomic E-state index is -0.0944. The highest BCUT2D eigenvalue weighted by molar-refractivity contribution is 5.75. The second-order valence-corrected chi connectivity index (χ2v) is 4.77. The topological polar surface area (TPSA) is 61.7 Å². The highest BCUT2D eigenvalue weighted by Crippen LogP contribution is 2.19. The maximum Gasteiger partial charge on any atom is 0.111 e. The Morgan fingerprint density at radius 1 is 1.21 bits per heavy atom. The first kappa shape index (κ1) is 11.9. The number of hydrogen-bond acceptors (Lipinski definition) is 3.